The average Bonchev–Trinajstić information content (AvgIpc) is 2.85. The lowest BCUT2D eigenvalue weighted by Gasteiger charge is -2.29. The molecule has 2 aromatic carbocycles. The number of benzene rings is 2. The Balaban J connectivity index is 0.000000860. The van der Waals surface area contributed by atoms with Crippen molar-refractivity contribution in [2.24, 2.45) is 11.7 Å². The summed E-state index contributed by atoms with van der Waals surface area (Å²) in [4.78, 5) is 38.2. The summed E-state index contributed by atoms with van der Waals surface area (Å²) < 4.78 is 5.22. The Labute approximate surface area is 188 Å². The summed E-state index contributed by atoms with van der Waals surface area (Å²) in [6.07, 6.45) is 0.931. The molecule has 0 saturated carbocycles. The molecule has 0 aliphatic heterocycles. The van der Waals surface area contributed by atoms with Crippen LogP contribution < -0.4 is 10.5 Å². The van der Waals surface area contributed by atoms with Gasteiger partial charge in [-0.25, -0.2) is 0 Å². The van der Waals surface area contributed by atoms with Crippen molar-refractivity contribution in [1.82, 2.24) is 0 Å². The normalized spacial score (nSPS) is 15.8. The van der Waals surface area contributed by atoms with Gasteiger partial charge in [-0.15, -0.1) is 0 Å². The van der Waals surface area contributed by atoms with E-state index in [4.69, 9.17) is 10.5 Å². The Kier molecular flexibility index (Phi) is 8.16. The number of ketones is 3. The van der Waals surface area contributed by atoms with Gasteiger partial charge in [-0.1, -0.05) is 39.8 Å². The second-order valence-corrected chi connectivity index (χ2v) is 7.06. The van der Waals surface area contributed by atoms with Crippen LogP contribution in [-0.4, -0.2) is 41.2 Å². The van der Waals surface area contributed by atoms with Crippen LogP contribution in [0.15, 0.2) is 18.2 Å². The van der Waals surface area contributed by atoms with E-state index < -0.39 is 11.6 Å². The lowest BCUT2D eigenvalue weighted by Crippen LogP contribution is -2.30. The van der Waals surface area contributed by atoms with Crippen molar-refractivity contribution in [2.45, 2.75) is 47.0 Å². The number of fused-ring (bicyclic) bond motifs is 3. The molecule has 0 bridgehead atoms. The zero-order valence-corrected chi connectivity index (χ0v) is 19.2. The van der Waals surface area contributed by atoms with E-state index in [9.17, 15) is 24.6 Å². The summed E-state index contributed by atoms with van der Waals surface area (Å²) in [5.74, 6) is -2.08. The molecule has 0 aromatic heterocycles. The minimum atomic E-state index is -0.571. The third kappa shape index (κ3) is 3.88. The van der Waals surface area contributed by atoms with Gasteiger partial charge in [-0.2, -0.15) is 0 Å². The van der Waals surface area contributed by atoms with Crippen LogP contribution in [0, 0.1) is 5.92 Å². The number of carbonyl (C=O) groups is 3. The van der Waals surface area contributed by atoms with Crippen LogP contribution in [0.25, 0.3) is 0 Å². The Morgan fingerprint density at radius 2 is 1.59 bits per heavy atom. The highest BCUT2D eigenvalue weighted by Crippen LogP contribution is 2.47. The maximum atomic E-state index is 13.1. The van der Waals surface area contributed by atoms with Crippen LogP contribution in [0.5, 0.6) is 17.2 Å². The smallest absolute Gasteiger partial charge is 0.202 e. The predicted molar refractivity (Wildman–Crippen MR) is 122 cm³/mol. The molecule has 0 amide bonds. The van der Waals surface area contributed by atoms with Crippen molar-refractivity contribution >= 4 is 17.3 Å². The first kappa shape index (κ1) is 25.1. The van der Waals surface area contributed by atoms with Gasteiger partial charge in [0.25, 0.3) is 0 Å². The minimum Gasteiger partial charge on any atom is -0.507 e. The Morgan fingerprint density at radius 3 is 2.19 bits per heavy atom. The van der Waals surface area contributed by atoms with Crippen LogP contribution in [-0.2, 0) is 17.6 Å². The molecule has 0 fully saturated rings. The van der Waals surface area contributed by atoms with Gasteiger partial charge in [0.05, 0.1) is 30.3 Å². The highest BCUT2D eigenvalue weighted by molar-refractivity contribution is 6.31. The molecule has 0 spiro atoms. The van der Waals surface area contributed by atoms with E-state index >= 15 is 0 Å². The van der Waals surface area contributed by atoms with Crippen LogP contribution in [0.2, 0.25) is 0 Å². The summed E-state index contributed by atoms with van der Waals surface area (Å²) in [6, 6.07) is 4.63. The number of rotatable bonds is 3. The summed E-state index contributed by atoms with van der Waals surface area (Å²) in [5.41, 5.74) is 5.94. The molecular weight excluding hydrogens is 410 g/mol. The molecule has 32 heavy (non-hydrogen) atoms. The molecule has 1 unspecified atom stereocenters. The topological polar surface area (TPSA) is 127 Å². The molecule has 2 aromatic rings. The Hall–Kier alpha value is -3.19. The summed E-state index contributed by atoms with van der Waals surface area (Å²) in [7, 11) is 1.39. The largest absolute Gasteiger partial charge is 0.507 e. The van der Waals surface area contributed by atoms with Gasteiger partial charge < -0.3 is 20.7 Å². The number of phenolic OH excluding ortho intramolecular Hbond substituents is 2. The standard InChI is InChI=1S/C21H19NO6.2C2H6/c1-28-14-4-2-3-11-15(14)21(27)17-16(19(11)25)20(26)12-7-9(13(23)8-22)5-6-10(12)18(17)24;2*1-2/h2-4,9,24,26H,5-8,22H2,1H3;2*1-2H3. The van der Waals surface area contributed by atoms with Crippen molar-refractivity contribution in [2.75, 3.05) is 13.7 Å². The molecule has 172 valence electrons. The number of aromatic hydroxyl groups is 2. The molecule has 0 heterocycles. The van der Waals surface area contributed by atoms with Crippen molar-refractivity contribution in [3.8, 4) is 17.2 Å². The zero-order valence-electron chi connectivity index (χ0n) is 19.2. The second-order valence-electron chi connectivity index (χ2n) is 7.06. The fourth-order valence-corrected chi connectivity index (χ4v) is 4.25. The van der Waals surface area contributed by atoms with E-state index in [1.807, 2.05) is 27.7 Å². The first-order chi connectivity index (χ1) is 15.4. The monoisotopic (exact) mass is 441 g/mol. The highest BCUT2D eigenvalue weighted by Gasteiger charge is 2.40. The number of methoxy groups -OCH3 is 1. The van der Waals surface area contributed by atoms with Gasteiger partial charge in [0, 0.05) is 22.6 Å². The molecule has 4 N–H and O–H groups in total. The molecule has 2 aliphatic carbocycles. The SMILES string of the molecule is CC.CC.COc1cccc2c1C(=O)c1c(O)c3c(c(O)c1C2=O)CC(C(=O)CN)CC3. The maximum absolute atomic E-state index is 13.1. The third-order valence-electron chi connectivity index (χ3n) is 5.68. The van der Waals surface area contributed by atoms with Gasteiger partial charge in [-0.3, -0.25) is 14.4 Å². The summed E-state index contributed by atoms with van der Waals surface area (Å²) in [6.45, 7) is 7.89. The molecule has 7 heteroatoms. The Bertz CT molecular complexity index is 1060. The van der Waals surface area contributed by atoms with Crippen molar-refractivity contribution in [3.63, 3.8) is 0 Å². The van der Waals surface area contributed by atoms with E-state index in [0.29, 0.717) is 24.0 Å². The maximum Gasteiger partial charge on any atom is 0.202 e. The van der Waals surface area contributed by atoms with Gasteiger partial charge >= 0.3 is 0 Å². The highest BCUT2D eigenvalue weighted by atomic mass is 16.5. The summed E-state index contributed by atoms with van der Waals surface area (Å²) in [5, 5.41) is 21.7. The van der Waals surface area contributed by atoms with E-state index in [2.05, 4.69) is 0 Å². The molecule has 0 radical (unpaired) electrons. The van der Waals surface area contributed by atoms with Crippen LogP contribution in [0.3, 0.4) is 0 Å². The van der Waals surface area contributed by atoms with Crippen LogP contribution in [0.4, 0.5) is 0 Å². The number of hydrogen-bond acceptors (Lipinski definition) is 7. The molecule has 7 nitrogen and oxygen atoms in total. The number of hydrogen-bond donors (Lipinski definition) is 3. The van der Waals surface area contributed by atoms with Gasteiger partial charge in [-0.05, 0) is 25.3 Å². The minimum absolute atomic E-state index is 0.0733. The molecular formula is C25H31NO6. The van der Waals surface area contributed by atoms with Gasteiger partial charge in [0.15, 0.2) is 5.78 Å². The van der Waals surface area contributed by atoms with E-state index in [1.54, 1.807) is 12.1 Å². The second kappa shape index (κ2) is 10.4. The van der Waals surface area contributed by atoms with E-state index in [0.717, 1.165) is 0 Å². The molecule has 1 atom stereocenters. The molecule has 4 rings (SSSR count). The lowest BCUT2D eigenvalue weighted by atomic mass is 9.75. The van der Waals surface area contributed by atoms with Crippen LogP contribution >= 0.6 is 0 Å². The average molecular weight is 442 g/mol. The Morgan fingerprint density at radius 1 is 1.00 bits per heavy atom. The fraction of sp³-hybridized carbons (Fsp3) is 0.400. The van der Waals surface area contributed by atoms with Crippen molar-refractivity contribution in [3.05, 3.63) is 51.6 Å². The molecule has 0 saturated heterocycles. The van der Waals surface area contributed by atoms with E-state index in [1.165, 1.54) is 13.2 Å². The quantitative estimate of drug-likeness (QED) is 0.530. The fourth-order valence-electron chi connectivity index (χ4n) is 4.25. The van der Waals surface area contributed by atoms with Crippen LogP contribution in [0.1, 0.15) is 77.1 Å². The van der Waals surface area contributed by atoms with E-state index in [-0.39, 0.29) is 64.2 Å². The zero-order chi connectivity index (χ0) is 24.2. The first-order valence-corrected chi connectivity index (χ1v) is 11.0. The van der Waals surface area contributed by atoms with Crippen molar-refractivity contribution in [1.29, 1.82) is 0 Å². The van der Waals surface area contributed by atoms with Gasteiger partial charge in [0.1, 0.15) is 23.0 Å². The number of Topliss-reactive ketones (excluding diaryl/α,β-unsaturated/α-hetero) is 1. The predicted octanol–water partition coefficient (Wildman–Crippen LogP) is 3.57. The third-order valence-corrected chi connectivity index (χ3v) is 5.68. The first-order valence-electron chi connectivity index (χ1n) is 11.0. The number of nitrogens with two attached hydrogens (primary N) is 1. The van der Waals surface area contributed by atoms with Crippen molar-refractivity contribution < 1.29 is 29.3 Å². The van der Waals surface area contributed by atoms with Gasteiger partial charge in [0.2, 0.25) is 5.78 Å². The lowest BCUT2D eigenvalue weighted by molar-refractivity contribution is -0.121. The number of phenols is 2. The number of ether oxygens (including phenoxy) is 1. The summed E-state index contributed by atoms with van der Waals surface area (Å²) >= 11 is 0. The molecule has 2 aliphatic rings. The number of carbonyl (C=O) groups excluding carboxylic acids is 3.